The number of aromatic nitrogens is 1. The average Bonchev–Trinajstić information content (AvgIpc) is 3.01. The van der Waals surface area contributed by atoms with Crippen molar-refractivity contribution in [2.24, 2.45) is 0 Å². The second-order valence-electron chi connectivity index (χ2n) is 9.63. The molecule has 0 saturated carbocycles. The van der Waals surface area contributed by atoms with Crippen LogP contribution in [0.4, 0.5) is 5.69 Å². The number of benzene rings is 4. The SMILES string of the molecule is Cc1ccc(OC(=O)c2cncc(C(=O)Nc3cccc(CNC(=O)c4ccc(-c5ccc(O)cc5)cc4)c3)c2)cc1. The first-order chi connectivity index (χ1) is 20.3. The number of aromatic hydroxyl groups is 1. The molecular weight excluding hydrogens is 530 g/mol. The third-order valence-corrected chi connectivity index (χ3v) is 6.45. The smallest absolute Gasteiger partial charge is 0.345 e. The molecule has 208 valence electrons. The number of nitrogens with one attached hydrogen (secondary N) is 2. The third-order valence-electron chi connectivity index (χ3n) is 6.45. The van der Waals surface area contributed by atoms with Crippen LogP contribution in [0.1, 0.15) is 42.2 Å². The molecule has 0 aliphatic rings. The van der Waals surface area contributed by atoms with Gasteiger partial charge in [-0.05, 0) is 78.2 Å². The highest BCUT2D eigenvalue weighted by Crippen LogP contribution is 2.22. The minimum absolute atomic E-state index is 0.149. The van der Waals surface area contributed by atoms with E-state index in [2.05, 4.69) is 15.6 Å². The monoisotopic (exact) mass is 557 g/mol. The van der Waals surface area contributed by atoms with E-state index in [9.17, 15) is 19.5 Å². The number of pyridine rings is 1. The lowest BCUT2D eigenvalue weighted by Gasteiger charge is -2.10. The van der Waals surface area contributed by atoms with Gasteiger partial charge in [0.15, 0.2) is 0 Å². The molecule has 4 aromatic carbocycles. The number of phenolic OH excluding ortho intramolecular Hbond substituents is 1. The number of carbonyl (C=O) groups excluding carboxylic acids is 3. The topological polar surface area (TPSA) is 118 Å². The zero-order valence-corrected chi connectivity index (χ0v) is 22.7. The van der Waals surface area contributed by atoms with Crippen LogP contribution in [0.15, 0.2) is 116 Å². The van der Waals surface area contributed by atoms with Gasteiger partial charge in [0.25, 0.3) is 11.8 Å². The number of aryl methyl sites for hydroxylation is 1. The van der Waals surface area contributed by atoms with Crippen LogP contribution in [0.3, 0.4) is 0 Å². The molecule has 0 aliphatic heterocycles. The quantitative estimate of drug-likeness (QED) is 0.155. The Labute approximate surface area is 242 Å². The minimum Gasteiger partial charge on any atom is -0.508 e. The summed E-state index contributed by atoms with van der Waals surface area (Å²) in [6.07, 6.45) is 2.71. The van der Waals surface area contributed by atoms with Gasteiger partial charge in [-0.25, -0.2) is 4.79 Å². The van der Waals surface area contributed by atoms with Crippen molar-refractivity contribution in [2.75, 3.05) is 5.32 Å². The second kappa shape index (κ2) is 12.6. The number of carbonyl (C=O) groups is 3. The Morgan fingerprint density at radius 2 is 1.40 bits per heavy atom. The van der Waals surface area contributed by atoms with E-state index in [0.29, 0.717) is 17.0 Å². The molecule has 0 fully saturated rings. The van der Waals surface area contributed by atoms with Gasteiger partial charge in [0.05, 0.1) is 11.1 Å². The number of phenols is 1. The van der Waals surface area contributed by atoms with Gasteiger partial charge in [0.2, 0.25) is 0 Å². The number of hydrogen-bond acceptors (Lipinski definition) is 6. The minimum atomic E-state index is -0.617. The Kier molecular flexibility index (Phi) is 8.34. The van der Waals surface area contributed by atoms with Gasteiger partial charge in [0, 0.05) is 30.2 Å². The predicted molar refractivity (Wildman–Crippen MR) is 159 cm³/mol. The fourth-order valence-electron chi connectivity index (χ4n) is 4.16. The maximum Gasteiger partial charge on any atom is 0.345 e. The molecule has 0 bridgehead atoms. The summed E-state index contributed by atoms with van der Waals surface area (Å²) in [5.41, 5.74) is 5.07. The van der Waals surface area contributed by atoms with Crippen molar-refractivity contribution in [2.45, 2.75) is 13.5 Å². The molecule has 0 atom stereocenters. The Morgan fingerprint density at radius 3 is 2.12 bits per heavy atom. The van der Waals surface area contributed by atoms with Gasteiger partial charge >= 0.3 is 5.97 Å². The van der Waals surface area contributed by atoms with Gasteiger partial charge < -0.3 is 20.5 Å². The molecule has 0 spiro atoms. The summed E-state index contributed by atoms with van der Waals surface area (Å²) in [5, 5.41) is 15.2. The molecule has 8 heteroatoms. The molecule has 42 heavy (non-hydrogen) atoms. The summed E-state index contributed by atoms with van der Waals surface area (Å²) < 4.78 is 5.38. The first kappa shape index (κ1) is 27.8. The van der Waals surface area contributed by atoms with E-state index in [-0.39, 0.29) is 29.3 Å². The highest BCUT2D eigenvalue weighted by molar-refractivity contribution is 6.05. The van der Waals surface area contributed by atoms with Crippen molar-refractivity contribution < 1.29 is 24.2 Å². The summed E-state index contributed by atoms with van der Waals surface area (Å²) in [5.74, 6) is -0.700. The first-order valence-corrected chi connectivity index (χ1v) is 13.2. The van der Waals surface area contributed by atoms with Gasteiger partial charge in [-0.3, -0.25) is 14.6 Å². The summed E-state index contributed by atoms with van der Waals surface area (Å²) >= 11 is 0. The maximum atomic E-state index is 12.9. The van der Waals surface area contributed by atoms with E-state index in [1.807, 2.05) is 49.4 Å². The van der Waals surface area contributed by atoms with Crippen molar-refractivity contribution in [1.29, 1.82) is 0 Å². The van der Waals surface area contributed by atoms with E-state index in [0.717, 1.165) is 22.3 Å². The van der Waals surface area contributed by atoms with E-state index < -0.39 is 11.9 Å². The molecule has 0 aliphatic carbocycles. The zero-order valence-electron chi connectivity index (χ0n) is 22.7. The van der Waals surface area contributed by atoms with E-state index >= 15 is 0 Å². The van der Waals surface area contributed by atoms with Crippen molar-refractivity contribution in [3.05, 3.63) is 143 Å². The lowest BCUT2D eigenvalue weighted by molar-refractivity contribution is 0.0734. The Morgan fingerprint density at radius 1 is 0.738 bits per heavy atom. The van der Waals surface area contributed by atoms with E-state index in [4.69, 9.17) is 4.74 Å². The van der Waals surface area contributed by atoms with Gasteiger partial charge in [0.1, 0.15) is 11.5 Å². The number of ether oxygens (including phenoxy) is 1. The molecule has 0 saturated heterocycles. The number of anilines is 1. The van der Waals surface area contributed by atoms with E-state index in [1.165, 1.54) is 18.5 Å². The zero-order chi connectivity index (χ0) is 29.5. The van der Waals surface area contributed by atoms with Crippen molar-refractivity contribution >= 4 is 23.5 Å². The van der Waals surface area contributed by atoms with Crippen LogP contribution in [0.2, 0.25) is 0 Å². The molecule has 2 amide bonds. The molecular formula is C34H27N3O5. The molecule has 3 N–H and O–H groups in total. The molecule has 8 nitrogen and oxygen atoms in total. The number of nitrogens with zero attached hydrogens (tertiary/aromatic N) is 1. The van der Waals surface area contributed by atoms with Gasteiger partial charge in [-0.2, -0.15) is 0 Å². The standard InChI is InChI=1S/C34H27N3O5/c1-22-5-15-31(16-6-22)42-34(41)28-18-27(20-35-21-28)33(40)37-29-4-2-3-23(17-29)19-36-32(39)26-9-7-24(8-10-26)25-11-13-30(38)14-12-25/h2-18,20-21,38H,19H2,1H3,(H,36,39)(H,37,40). The highest BCUT2D eigenvalue weighted by Gasteiger charge is 2.14. The van der Waals surface area contributed by atoms with Crippen LogP contribution < -0.4 is 15.4 Å². The lowest BCUT2D eigenvalue weighted by Crippen LogP contribution is -2.22. The summed E-state index contributed by atoms with van der Waals surface area (Å²) in [6, 6.07) is 29.6. The van der Waals surface area contributed by atoms with Crippen molar-refractivity contribution in [3.63, 3.8) is 0 Å². The second-order valence-corrected chi connectivity index (χ2v) is 9.63. The molecule has 5 rings (SSSR count). The van der Waals surface area contributed by atoms with Gasteiger partial charge in [-0.1, -0.05) is 54.1 Å². The summed E-state index contributed by atoms with van der Waals surface area (Å²) in [6.45, 7) is 2.19. The van der Waals surface area contributed by atoms with Crippen LogP contribution in [-0.4, -0.2) is 27.9 Å². The number of amides is 2. The van der Waals surface area contributed by atoms with Crippen LogP contribution in [-0.2, 0) is 6.54 Å². The maximum absolute atomic E-state index is 12.9. The summed E-state index contributed by atoms with van der Waals surface area (Å²) in [7, 11) is 0. The van der Waals surface area contributed by atoms with Crippen molar-refractivity contribution in [3.8, 4) is 22.6 Å². The predicted octanol–water partition coefficient (Wildman–Crippen LogP) is 6.16. The van der Waals surface area contributed by atoms with Crippen LogP contribution in [0, 0.1) is 6.92 Å². The van der Waals surface area contributed by atoms with E-state index in [1.54, 1.807) is 54.6 Å². The Balaban J connectivity index is 1.17. The first-order valence-electron chi connectivity index (χ1n) is 13.2. The molecule has 1 aromatic heterocycles. The lowest BCUT2D eigenvalue weighted by atomic mass is 10.0. The number of hydrogen-bond donors (Lipinski definition) is 3. The van der Waals surface area contributed by atoms with Crippen LogP contribution in [0.5, 0.6) is 11.5 Å². The van der Waals surface area contributed by atoms with Crippen molar-refractivity contribution in [1.82, 2.24) is 10.3 Å². The van der Waals surface area contributed by atoms with Crippen LogP contribution in [0.25, 0.3) is 11.1 Å². The number of esters is 1. The Bertz CT molecular complexity index is 1730. The fraction of sp³-hybridized carbons (Fsp3) is 0.0588. The third kappa shape index (κ3) is 7.05. The Hall–Kier alpha value is -5.76. The normalized spacial score (nSPS) is 10.5. The molecule has 0 unspecified atom stereocenters. The largest absolute Gasteiger partial charge is 0.508 e. The molecule has 5 aromatic rings. The average molecular weight is 558 g/mol. The molecule has 1 heterocycles. The molecule has 0 radical (unpaired) electrons. The highest BCUT2D eigenvalue weighted by atomic mass is 16.5. The van der Waals surface area contributed by atoms with Crippen LogP contribution >= 0.6 is 0 Å². The number of rotatable bonds is 8. The fourth-order valence-corrected chi connectivity index (χ4v) is 4.16. The van der Waals surface area contributed by atoms with Gasteiger partial charge in [-0.15, -0.1) is 0 Å². The summed E-state index contributed by atoms with van der Waals surface area (Å²) in [4.78, 5) is 42.2.